The third kappa shape index (κ3) is 6.06. The van der Waals surface area contributed by atoms with Crippen LogP contribution in [0.1, 0.15) is 29.1 Å². The Labute approximate surface area is 254 Å². The van der Waals surface area contributed by atoms with E-state index in [1.165, 1.54) is 23.0 Å². The third-order valence-electron chi connectivity index (χ3n) is 7.61. The molecule has 228 valence electrons. The molecule has 5 N–H and O–H groups in total. The van der Waals surface area contributed by atoms with Crippen molar-refractivity contribution in [3.05, 3.63) is 114 Å². The van der Waals surface area contributed by atoms with Crippen molar-refractivity contribution in [2.24, 2.45) is 0 Å². The summed E-state index contributed by atoms with van der Waals surface area (Å²) in [7, 11) is -3.86. The molecule has 0 radical (unpaired) electrons. The highest BCUT2D eigenvalue weighted by atomic mass is 32.2. The van der Waals surface area contributed by atoms with Crippen LogP contribution in [0.4, 0.5) is 5.82 Å². The van der Waals surface area contributed by atoms with Crippen molar-refractivity contribution < 1.29 is 28.5 Å². The highest BCUT2D eigenvalue weighted by molar-refractivity contribution is 7.89. The number of anilines is 1. The highest BCUT2D eigenvalue weighted by Gasteiger charge is 2.44. The van der Waals surface area contributed by atoms with Gasteiger partial charge in [-0.1, -0.05) is 78.9 Å². The van der Waals surface area contributed by atoms with Crippen LogP contribution >= 0.6 is 0 Å². The summed E-state index contributed by atoms with van der Waals surface area (Å²) in [5, 5.41) is 34.1. The number of nitrogens with zero attached hydrogens (tertiary/aromatic N) is 4. The maximum absolute atomic E-state index is 13.0. The van der Waals surface area contributed by atoms with E-state index in [0.29, 0.717) is 17.9 Å². The molecule has 0 unspecified atom stereocenters. The molecule has 2 aromatic heterocycles. The number of ether oxygens (including phenoxy) is 1. The van der Waals surface area contributed by atoms with Gasteiger partial charge >= 0.3 is 0 Å². The smallest absolute Gasteiger partial charge is 0.240 e. The number of imidazole rings is 1. The average Bonchev–Trinajstić information content (AvgIpc) is 3.61. The Morgan fingerprint density at radius 2 is 1.48 bits per heavy atom. The van der Waals surface area contributed by atoms with Crippen molar-refractivity contribution in [3.8, 4) is 0 Å². The van der Waals surface area contributed by atoms with Crippen LogP contribution in [0.25, 0.3) is 11.2 Å². The summed E-state index contributed by atoms with van der Waals surface area (Å²) in [5.74, 6) is 0.445. The summed E-state index contributed by atoms with van der Waals surface area (Å²) in [4.78, 5) is 13.8. The zero-order chi connectivity index (χ0) is 30.7. The number of rotatable bonds is 11. The molecule has 0 bridgehead atoms. The number of hydrogen-bond acceptors (Lipinski definition) is 10. The number of aliphatic hydroxyl groups is 3. The SMILES string of the molecule is O=S(=O)(NCc1nc(NCC(c2ccccc2)c2ccccc2)c2ncn([C@@H]3O[C@H](CO)[C@@H](O)[C@H]3O)c2n1)c1ccccc1. The molecule has 5 aromatic rings. The monoisotopic (exact) mass is 616 g/mol. The molecule has 3 heterocycles. The lowest BCUT2D eigenvalue weighted by Crippen LogP contribution is -2.33. The van der Waals surface area contributed by atoms with Gasteiger partial charge in [-0.15, -0.1) is 0 Å². The van der Waals surface area contributed by atoms with E-state index in [1.54, 1.807) is 18.2 Å². The summed E-state index contributed by atoms with van der Waals surface area (Å²) in [6, 6.07) is 28.0. The Hall–Kier alpha value is -4.24. The van der Waals surface area contributed by atoms with Crippen molar-refractivity contribution >= 4 is 27.0 Å². The van der Waals surface area contributed by atoms with Crippen molar-refractivity contribution in [1.82, 2.24) is 24.2 Å². The number of nitrogens with one attached hydrogen (secondary N) is 2. The fraction of sp³-hybridized carbons (Fsp3) is 0.258. The normalized spacial score (nSPS) is 20.4. The zero-order valence-corrected chi connectivity index (χ0v) is 24.3. The van der Waals surface area contributed by atoms with Gasteiger partial charge in [0, 0.05) is 12.5 Å². The number of benzene rings is 3. The molecule has 3 aromatic carbocycles. The summed E-state index contributed by atoms with van der Waals surface area (Å²) in [5.41, 5.74) is 2.79. The highest BCUT2D eigenvalue weighted by Crippen LogP contribution is 2.33. The Balaban J connectivity index is 1.36. The first kappa shape index (κ1) is 29.8. The topological polar surface area (TPSA) is 172 Å². The number of fused-ring (bicyclic) bond motifs is 1. The summed E-state index contributed by atoms with van der Waals surface area (Å²) in [6.45, 7) is -0.296. The Bertz CT molecular complexity index is 1770. The van der Waals surface area contributed by atoms with Crippen LogP contribution < -0.4 is 10.0 Å². The zero-order valence-electron chi connectivity index (χ0n) is 23.5. The van der Waals surface area contributed by atoms with Crippen LogP contribution in [0.2, 0.25) is 0 Å². The van der Waals surface area contributed by atoms with Crippen LogP contribution in [-0.2, 0) is 21.3 Å². The third-order valence-corrected chi connectivity index (χ3v) is 9.03. The van der Waals surface area contributed by atoms with Crippen LogP contribution in [0.3, 0.4) is 0 Å². The number of hydrogen-bond donors (Lipinski definition) is 5. The summed E-state index contributed by atoms with van der Waals surface area (Å²) < 4.78 is 35.6. The first-order chi connectivity index (χ1) is 21.4. The molecule has 44 heavy (non-hydrogen) atoms. The van der Waals surface area contributed by atoms with E-state index in [9.17, 15) is 23.7 Å². The molecule has 12 nitrogen and oxygen atoms in total. The van der Waals surface area contributed by atoms with Gasteiger partial charge in [0.15, 0.2) is 23.2 Å². The fourth-order valence-electron chi connectivity index (χ4n) is 5.30. The van der Waals surface area contributed by atoms with Gasteiger partial charge in [0.1, 0.15) is 24.1 Å². The molecular weight excluding hydrogens is 584 g/mol. The molecule has 0 aliphatic carbocycles. The van der Waals surface area contributed by atoms with Crippen molar-refractivity contribution in [1.29, 1.82) is 0 Å². The van der Waals surface area contributed by atoms with Gasteiger partial charge in [-0.05, 0) is 23.3 Å². The predicted molar refractivity (Wildman–Crippen MR) is 162 cm³/mol. The van der Waals surface area contributed by atoms with Crippen molar-refractivity contribution in [3.63, 3.8) is 0 Å². The van der Waals surface area contributed by atoms with Gasteiger partial charge in [0.2, 0.25) is 10.0 Å². The minimum Gasteiger partial charge on any atom is -0.394 e. The van der Waals surface area contributed by atoms with E-state index >= 15 is 0 Å². The second-order valence-electron chi connectivity index (χ2n) is 10.4. The van der Waals surface area contributed by atoms with Gasteiger partial charge in [-0.2, -0.15) is 0 Å². The molecule has 1 saturated heterocycles. The summed E-state index contributed by atoms with van der Waals surface area (Å²) >= 11 is 0. The molecule has 1 aliphatic heterocycles. The molecule has 4 atom stereocenters. The molecule has 1 fully saturated rings. The molecule has 0 spiro atoms. The van der Waals surface area contributed by atoms with Crippen LogP contribution in [0.15, 0.2) is 102 Å². The Kier molecular flexibility index (Phi) is 8.66. The molecule has 6 rings (SSSR count). The summed E-state index contributed by atoms with van der Waals surface area (Å²) in [6.07, 6.45) is -3.37. The second kappa shape index (κ2) is 12.8. The second-order valence-corrected chi connectivity index (χ2v) is 12.2. The maximum atomic E-state index is 13.0. The lowest BCUT2D eigenvalue weighted by molar-refractivity contribution is -0.0511. The van der Waals surface area contributed by atoms with Crippen molar-refractivity contribution in [2.75, 3.05) is 18.5 Å². The van der Waals surface area contributed by atoms with Gasteiger partial charge < -0.3 is 25.4 Å². The van der Waals surface area contributed by atoms with E-state index in [1.807, 2.05) is 36.4 Å². The quantitative estimate of drug-likeness (QED) is 0.148. The van der Waals surface area contributed by atoms with E-state index in [0.717, 1.165) is 11.1 Å². The van der Waals surface area contributed by atoms with Gasteiger partial charge in [-0.25, -0.2) is 28.1 Å². The van der Waals surface area contributed by atoms with Gasteiger partial charge in [0.05, 0.1) is 24.4 Å². The molecule has 13 heteroatoms. The van der Waals surface area contributed by atoms with Gasteiger partial charge in [0.25, 0.3) is 0 Å². The standard InChI is InChI=1S/C31H32N6O6S/c38-18-24-27(39)28(40)31(43-24)37-19-33-26-29(32-16-23(20-10-4-1-5-11-20)21-12-6-2-7-13-21)35-25(36-30(26)37)17-34-44(41,42)22-14-8-3-9-15-22/h1-15,19,23-24,27-28,31,34,38-40H,16-18H2,(H,32,35,36)/t24-,27-,28-,31-/m1/s1. The first-order valence-electron chi connectivity index (χ1n) is 14.1. The van der Waals surface area contributed by atoms with E-state index in [2.05, 4.69) is 49.3 Å². The van der Waals surface area contributed by atoms with E-state index in [4.69, 9.17) is 4.74 Å². The number of aliphatic hydroxyl groups excluding tert-OH is 3. The minimum absolute atomic E-state index is 0.0509. The van der Waals surface area contributed by atoms with Crippen LogP contribution in [-0.4, -0.2) is 74.7 Å². The fourth-order valence-corrected chi connectivity index (χ4v) is 6.30. The largest absolute Gasteiger partial charge is 0.394 e. The van der Waals surface area contributed by atoms with E-state index in [-0.39, 0.29) is 28.8 Å². The molecule has 0 amide bonds. The lowest BCUT2D eigenvalue weighted by Gasteiger charge is -2.20. The maximum Gasteiger partial charge on any atom is 0.240 e. The molecule has 0 saturated carbocycles. The molecule has 1 aliphatic rings. The first-order valence-corrected chi connectivity index (χ1v) is 15.6. The number of aromatic nitrogens is 4. The van der Waals surface area contributed by atoms with Crippen LogP contribution in [0, 0.1) is 0 Å². The Morgan fingerprint density at radius 3 is 2.07 bits per heavy atom. The van der Waals surface area contributed by atoms with Crippen LogP contribution in [0.5, 0.6) is 0 Å². The Morgan fingerprint density at radius 1 is 0.864 bits per heavy atom. The molecular formula is C31H32N6O6S. The predicted octanol–water partition coefficient (Wildman–Crippen LogP) is 2.16. The average molecular weight is 617 g/mol. The lowest BCUT2D eigenvalue weighted by atomic mass is 9.91. The minimum atomic E-state index is -3.86. The van der Waals surface area contributed by atoms with Gasteiger partial charge in [-0.3, -0.25) is 4.57 Å². The number of sulfonamides is 1. The van der Waals surface area contributed by atoms with E-state index < -0.39 is 41.2 Å². The van der Waals surface area contributed by atoms with Crippen molar-refractivity contribution in [2.45, 2.75) is 41.9 Å².